The van der Waals surface area contributed by atoms with Gasteiger partial charge in [-0.25, -0.2) is 9.97 Å². The summed E-state index contributed by atoms with van der Waals surface area (Å²) in [6.45, 7) is 5.54. The number of nitrogens with one attached hydrogen (secondary N) is 1. The molecule has 2 fully saturated rings. The first-order valence-electron chi connectivity index (χ1n) is 11.0. The van der Waals surface area contributed by atoms with Crippen LogP contribution >= 0.6 is 24.0 Å². The van der Waals surface area contributed by atoms with Gasteiger partial charge in [0, 0.05) is 58.8 Å². The lowest BCUT2D eigenvalue weighted by molar-refractivity contribution is 0.0411. The molecule has 29 heavy (non-hydrogen) atoms. The van der Waals surface area contributed by atoms with Crippen LogP contribution in [0.3, 0.4) is 0 Å². The standard InChI is InChI=1S/C21H36N6O.HI/c1-22-20(23-11-6-7-18-28-19-9-4-2-3-5-10-19)26-14-16-27(17-15-26)21-24-12-8-13-25-21;/h8,12-13,19H,2-7,9-11,14-18H2,1H3,(H,22,23);1H. The second kappa shape index (κ2) is 14.0. The molecular formula is C21H37IN6O. The third kappa shape index (κ3) is 8.24. The molecular weight excluding hydrogens is 479 g/mol. The molecule has 164 valence electrons. The first-order chi connectivity index (χ1) is 13.9. The van der Waals surface area contributed by atoms with E-state index in [2.05, 4.69) is 30.1 Å². The number of hydrogen-bond acceptors (Lipinski definition) is 5. The molecule has 2 heterocycles. The predicted molar refractivity (Wildman–Crippen MR) is 129 cm³/mol. The molecule has 2 aliphatic rings. The van der Waals surface area contributed by atoms with Crippen LogP contribution in [0.5, 0.6) is 0 Å². The SMILES string of the molecule is CN=C(NCCCCOC1CCCCCC1)N1CCN(c2ncccn2)CC1.I. The van der Waals surface area contributed by atoms with Crippen LogP contribution in [0.1, 0.15) is 51.4 Å². The summed E-state index contributed by atoms with van der Waals surface area (Å²) in [6, 6.07) is 1.85. The van der Waals surface area contributed by atoms with Crippen molar-refractivity contribution in [2.45, 2.75) is 57.5 Å². The molecule has 1 aliphatic heterocycles. The molecule has 1 saturated heterocycles. The van der Waals surface area contributed by atoms with Gasteiger partial charge >= 0.3 is 0 Å². The van der Waals surface area contributed by atoms with Gasteiger partial charge in [0.25, 0.3) is 0 Å². The maximum atomic E-state index is 6.08. The Balaban J connectivity index is 0.00000300. The maximum Gasteiger partial charge on any atom is 0.225 e. The van der Waals surface area contributed by atoms with Crippen molar-refractivity contribution in [1.29, 1.82) is 0 Å². The Morgan fingerprint density at radius 3 is 2.41 bits per heavy atom. The van der Waals surface area contributed by atoms with Gasteiger partial charge in [-0.1, -0.05) is 25.7 Å². The van der Waals surface area contributed by atoms with Gasteiger partial charge in [-0.2, -0.15) is 0 Å². The van der Waals surface area contributed by atoms with Crippen molar-refractivity contribution in [3.63, 3.8) is 0 Å². The molecule has 8 heteroatoms. The number of rotatable bonds is 7. The zero-order valence-corrected chi connectivity index (χ0v) is 20.1. The first-order valence-corrected chi connectivity index (χ1v) is 11.0. The van der Waals surface area contributed by atoms with Gasteiger partial charge in [-0.05, 0) is 31.7 Å². The summed E-state index contributed by atoms with van der Waals surface area (Å²) >= 11 is 0. The van der Waals surface area contributed by atoms with Gasteiger partial charge in [0.15, 0.2) is 5.96 Å². The lowest BCUT2D eigenvalue weighted by atomic mass is 10.1. The number of unbranched alkanes of at least 4 members (excludes halogenated alkanes) is 1. The van der Waals surface area contributed by atoms with E-state index < -0.39 is 0 Å². The minimum Gasteiger partial charge on any atom is -0.378 e. The molecule has 3 rings (SSSR count). The van der Waals surface area contributed by atoms with Crippen molar-refractivity contribution in [2.24, 2.45) is 4.99 Å². The summed E-state index contributed by atoms with van der Waals surface area (Å²) in [4.78, 5) is 17.7. The normalized spacial score (nSPS) is 18.9. The molecule has 1 aromatic rings. The van der Waals surface area contributed by atoms with Crippen molar-refractivity contribution >= 4 is 35.9 Å². The van der Waals surface area contributed by atoms with Crippen molar-refractivity contribution in [2.75, 3.05) is 51.3 Å². The van der Waals surface area contributed by atoms with Crippen molar-refractivity contribution in [3.8, 4) is 0 Å². The summed E-state index contributed by atoms with van der Waals surface area (Å²) < 4.78 is 6.08. The molecule has 0 aromatic carbocycles. The molecule has 0 amide bonds. The largest absolute Gasteiger partial charge is 0.378 e. The number of hydrogen-bond donors (Lipinski definition) is 1. The first kappa shape index (κ1) is 24.1. The van der Waals surface area contributed by atoms with Gasteiger partial charge in [0.1, 0.15) is 0 Å². The Morgan fingerprint density at radius 2 is 1.76 bits per heavy atom. The van der Waals surface area contributed by atoms with Crippen LogP contribution < -0.4 is 10.2 Å². The minimum atomic E-state index is 0. The van der Waals surface area contributed by atoms with Gasteiger partial charge < -0.3 is 19.9 Å². The van der Waals surface area contributed by atoms with Crippen LogP contribution in [0.25, 0.3) is 0 Å². The summed E-state index contributed by atoms with van der Waals surface area (Å²) in [6.07, 6.45) is 14.3. The minimum absolute atomic E-state index is 0. The number of guanidine groups is 1. The van der Waals surface area contributed by atoms with Crippen molar-refractivity contribution in [1.82, 2.24) is 20.2 Å². The number of piperazine rings is 1. The number of aliphatic imine (C=N–C) groups is 1. The van der Waals surface area contributed by atoms with E-state index in [-0.39, 0.29) is 24.0 Å². The molecule has 0 unspecified atom stereocenters. The monoisotopic (exact) mass is 516 g/mol. The van der Waals surface area contributed by atoms with E-state index >= 15 is 0 Å². The average molecular weight is 516 g/mol. The Morgan fingerprint density at radius 1 is 1.07 bits per heavy atom. The fourth-order valence-electron chi connectivity index (χ4n) is 3.99. The Bertz CT molecular complexity index is 572. The van der Waals surface area contributed by atoms with E-state index in [0.717, 1.165) is 64.1 Å². The predicted octanol–water partition coefficient (Wildman–Crippen LogP) is 3.31. The average Bonchev–Trinajstić information content (AvgIpc) is 3.03. The molecule has 1 aliphatic carbocycles. The van der Waals surface area contributed by atoms with Crippen LogP contribution in [-0.4, -0.2) is 73.3 Å². The number of ether oxygens (including phenoxy) is 1. The van der Waals surface area contributed by atoms with Crippen LogP contribution in [0.2, 0.25) is 0 Å². The smallest absolute Gasteiger partial charge is 0.225 e. The molecule has 0 spiro atoms. The molecule has 7 nitrogen and oxygen atoms in total. The maximum absolute atomic E-state index is 6.08. The highest BCUT2D eigenvalue weighted by Crippen LogP contribution is 2.19. The molecule has 1 N–H and O–H groups in total. The van der Waals surface area contributed by atoms with Crippen molar-refractivity contribution < 1.29 is 4.74 Å². The lowest BCUT2D eigenvalue weighted by Crippen LogP contribution is -2.53. The van der Waals surface area contributed by atoms with E-state index in [1.54, 1.807) is 12.4 Å². The van der Waals surface area contributed by atoms with Gasteiger partial charge in [0.05, 0.1) is 6.10 Å². The van der Waals surface area contributed by atoms with Crippen LogP contribution in [0.15, 0.2) is 23.5 Å². The van der Waals surface area contributed by atoms with E-state index in [1.807, 2.05) is 13.1 Å². The highest BCUT2D eigenvalue weighted by molar-refractivity contribution is 14.0. The summed E-state index contributed by atoms with van der Waals surface area (Å²) in [7, 11) is 1.87. The zero-order valence-electron chi connectivity index (χ0n) is 17.8. The highest BCUT2D eigenvalue weighted by Gasteiger charge is 2.20. The number of anilines is 1. The van der Waals surface area contributed by atoms with E-state index in [0.29, 0.717) is 6.10 Å². The van der Waals surface area contributed by atoms with Crippen molar-refractivity contribution in [3.05, 3.63) is 18.5 Å². The van der Waals surface area contributed by atoms with Crippen LogP contribution in [0.4, 0.5) is 5.95 Å². The van der Waals surface area contributed by atoms with E-state index in [4.69, 9.17) is 4.74 Å². The molecule has 0 bridgehead atoms. The van der Waals surface area contributed by atoms with E-state index in [9.17, 15) is 0 Å². The second-order valence-corrected chi connectivity index (χ2v) is 7.69. The Labute approximate surface area is 192 Å². The lowest BCUT2D eigenvalue weighted by Gasteiger charge is -2.36. The molecule has 0 radical (unpaired) electrons. The highest BCUT2D eigenvalue weighted by atomic mass is 127. The Hall–Kier alpha value is -1.16. The molecule has 1 aromatic heterocycles. The molecule has 1 saturated carbocycles. The topological polar surface area (TPSA) is 65.9 Å². The summed E-state index contributed by atoms with van der Waals surface area (Å²) in [5.74, 6) is 1.82. The second-order valence-electron chi connectivity index (χ2n) is 7.69. The fourth-order valence-corrected chi connectivity index (χ4v) is 3.99. The van der Waals surface area contributed by atoms with E-state index in [1.165, 1.54) is 38.5 Å². The fraction of sp³-hybridized carbons (Fsp3) is 0.762. The third-order valence-corrected chi connectivity index (χ3v) is 5.64. The van der Waals surface area contributed by atoms with Gasteiger partial charge in [0.2, 0.25) is 5.95 Å². The van der Waals surface area contributed by atoms with Gasteiger partial charge in [-0.3, -0.25) is 4.99 Å². The zero-order chi connectivity index (χ0) is 19.4. The van der Waals surface area contributed by atoms with Crippen LogP contribution in [0, 0.1) is 0 Å². The Kier molecular flexibility index (Phi) is 11.6. The summed E-state index contributed by atoms with van der Waals surface area (Å²) in [5, 5.41) is 3.51. The third-order valence-electron chi connectivity index (χ3n) is 5.64. The number of aromatic nitrogens is 2. The summed E-state index contributed by atoms with van der Waals surface area (Å²) in [5.41, 5.74) is 0. The quantitative estimate of drug-likeness (QED) is 0.197. The van der Waals surface area contributed by atoms with Crippen LogP contribution in [-0.2, 0) is 4.74 Å². The number of nitrogens with zero attached hydrogens (tertiary/aromatic N) is 5. The molecule has 0 atom stereocenters. The van der Waals surface area contributed by atoms with Gasteiger partial charge in [-0.15, -0.1) is 24.0 Å². The number of halogens is 1.